The van der Waals surface area contributed by atoms with Crippen molar-refractivity contribution < 1.29 is 9.47 Å². The Morgan fingerprint density at radius 1 is 1.13 bits per heavy atom. The first-order chi connectivity index (χ1) is 14.2. The molecule has 3 rings (SSSR count). The minimum absolute atomic E-state index is 0. The largest absolute Gasteiger partial charge is 0.493 e. The first kappa shape index (κ1) is 23.9. The number of rotatable bonds is 8. The molecule has 1 aromatic heterocycles. The molecule has 0 atom stereocenters. The zero-order chi connectivity index (χ0) is 20.5. The Morgan fingerprint density at radius 3 is 2.63 bits per heavy atom. The molecular weight excluding hydrogens is 511 g/mol. The van der Waals surface area contributed by atoms with Crippen LogP contribution in [0.1, 0.15) is 12.6 Å². The fourth-order valence-corrected chi connectivity index (χ4v) is 3.64. The Bertz CT molecular complexity index is 947. The van der Waals surface area contributed by atoms with Crippen molar-refractivity contribution in [3.8, 4) is 22.1 Å². The van der Waals surface area contributed by atoms with Crippen LogP contribution < -0.4 is 20.1 Å². The highest BCUT2D eigenvalue weighted by Gasteiger charge is 2.08. The molecule has 0 aliphatic heterocycles. The van der Waals surface area contributed by atoms with Gasteiger partial charge in [-0.2, -0.15) is 0 Å². The molecule has 0 bridgehead atoms. The lowest BCUT2D eigenvalue weighted by Crippen LogP contribution is -2.32. The number of halogens is 1. The number of methoxy groups -OCH3 is 1. The monoisotopic (exact) mass is 538 g/mol. The summed E-state index contributed by atoms with van der Waals surface area (Å²) < 4.78 is 11.0. The van der Waals surface area contributed by atoms with Crippen LogP contribution in [0, 0.1) is 0 Å². The van der Waals surface area contributed by atoms with E-state index in [0.29, 0.717) is 24.1 Å². The summed E-state index contributed by atoms with van der Waals surface area (Å²) in [6, 6.07) is 16.0. The first-order valence-electron chi connectivity index (χ1n) is 9.51. The summed E-state index contributed by atoms with van der Waals surface area (Å²) in [5, 5.41) is 9.76. The Hall–Kier alpha value is -2.33. The normalized spacial score (nSPS) is 10.8. The van der Waals surface area contributed by atoms with E-state index in [1.165, 1.54) is 0 Å². The highest BCUT2D eigenvalue weighted by Crippen LogP contribution is 2.30. The van der Waals surface area contributed by atoms with Gasteiger partial charge in [0.2, 0.25) is 0 Å². The Morgan fingerprint density at radius 2 is 1.93 bits per heavy atom. The fourth-order valence-electron chi connectivity index (χ4n) is 2.78. The molecule has 0 spiro atoms. The van der Waals surface area contributed by atoms with Gasteiger partial charge in [-0.1, -0.05) is 30.3 Å². The van der Waals surface area contributed by atoms with Gasteiger partial charge >= 0.3 is 0 Å². The van der Waals surface area contributed by atoms with E-state index in [2.05, 4.69) is 33.1 Å². The summed E-state index contributed by atoms with van der Waals surface area (Å²) in [5.41, 5.74) is 3.10. The predicted molar refractivity (Wildman–Crippen MR) is 136 cm³/mol. The third-order valence-corrected chi connectivity index (χ3v) is 5.14. The standard InChI is InChI=1S/C22H26N4O2S.HI/c1-4-28-20-14-17(10-11-19(20)27-3)26-22(23-2)24-13-12-18-15-29-21(25-18)16-8-6-5-7-9-16;/h5-11,14-15H,4,12-13H2,1-3H3,(H2,23,24,26);1H. The van der Waals surface area contributed by atoms with Crippen LogP contribution >= 0.6 is 35.3 Å². The van der Waals surface area contributed by atoms with Crippen LogP contribution in [0.2, 0.25) is 0 Å². The summed E-state index contributed by atoms with van der Waals surface area (Å²) in [6.45, 7) is 3.25. The van der Waals surface area contributed by atoms with Crippen molar-refractivity contribution in [2.45, 2.75) is 13.3 Å². The minimum atomic E-state index is 0. The second-order valence-corrected chi connectivity index (χ2v) is 7.04. The number of nitrogens with zero attached hydrogens (tertiary/aromatic N) is 2. The molecule has 0 aliphatic rings. The van der Waals surface area contributed by atoms with Crippen LogP contribution in [-0.2, 0) is 6.42 Å². The topological polar surface area (TPSA) is 67.8 Å². The van der Waals surface area contributed by atoms with Crippen molar-refractivity contribution in [2.75, 3.05) is 32.6 Å². The average Bonchev–Trinajstić information content (AvgIpc) is 3.23. The van der Waals surface area contributed by atoms with E-state index in [1.807, 2.05) is 43.3 Å². The van der Waals surface area contributed by atoms with E-state index in [-0.39, 0.29) is 24.0 Å². The number of hydrogen-bond acceptors (Lipinski definition) is 5. The van der Waals surface area contributed by atoms with Crippen LogP contribution in [0.15, 0.2) is 58.9 Å². The van der Waals surface area contributed by atoms with Gasteiger partial charge in [0.1, 0.15) is 5.01 Å². The highest BCUT2D eigenvalue weighted by molar-refractivity contribution is 14.0. The van der Waals surface area contributed by atoms with Crippen molar-refractivity contribution in [3.05, 3.63) is 59.6 Å². The maximum atomic E-state index is 5.63. The molecule has 6 nitrogen and oxygen atoms in total. The van der Waals surface area contributed by atoms with Gasteiger partial charge < -0.3 is 20.1 Å². The zero-order valence-corrected chi connectivity index (χ0v) is 20.5. The molecule has 3 aromatic rings. The molecular formula is C22H27IN4O2S. The minimum Gasteiger partial charge on any atom is -0.493 e. The fraction of sp³-hybridized carbons (Fsp3) is 0.273. The summed E-state index contributed by atoms with van der Waals surface area (Å²) in [5.74, 6) is 2.10. The molecule has 0 saturated heterocycles. The third kappa shape index (κ3) is 6.60. The molecule has 0 aliphatic carbocycles. The number of thiazole rings is 1. The van der Waals surface area contributed by atoms with Crippen LogP contribution in [-0.4, -0.2) is 38.3 Å². The molecule has 2 aromatic carbocycles. The maximum Gasteiger partial charge on any atom is 0.195 e. The number of hydrogen-bond donors (Lipinski definition) is 2. The van der Waals surface area contributed by atoms with Crippen LogP contribution in [0.5, 0.6) is 11.5 Å². The van der Waals surface area contributed by atoms with Gasteiger partial charge in [-0.25, -0.2) is 4.98 Å². The molecule has 0 amide bonds. The van der Waals surface area contributed by atoms with Gasteiger partial charge in [0, 0.05) is 42.7 Å². The predicted octanol–water partition coefficient (Wildman–Crippen LogP) is 5.07. The number of benzene rings is 2. The smallest absolute Gasteiger partial charge is 0.195 e. The molecule has 8 heteroatoms. The van der Waals surface area contributed by atoms with E-state index in [1.54, 1.807) is 25.5 Å². The van der Waals surface area contributed by atoms with E-state index < -0.39 is 0 Å². The van der Waals surface area contributed by atoms with Crippen LogP contribution in [0.3, 0.4) is 0 Å². The van der Waals surface area contributed by atoms with Crippen molar-refractivity contribution in [3.63, 3.8) is 0 Å². The summed E-state index contributed by atoms with van der Waals surface area (Å²) >= 11 is 1.67. The SMILES string of the molecule is CCOc1cc(NC(=NC)NCCc2csc(-c3ccccc3)n2)ccc1OC.I. The summed E-state index contributed by atoms with van der Waals surface area (Å²) in [4.78, 5) is 9.02. The molecule has 1 heterocycles. The molecule has 30 heavy (non-hydrogen) atoms. The summed E-state index contributed by atoms with van der Waals surface area (Å²) in [7, 11) is 3.38. The van der Waals surface area contributed by atoms with Crippen LogP contribution in [0.25, 0.3) is 10.6 Å². The third-order valence-electron chi connectivity index (χ3n) is 4.20. The average molecular weight is 538 g/mol. The molecule has 0 fully saturated rings. The van der Waals surface area contributed by atoms with Crippen molar-refractivity contribution in [1.29, 1.82) is 0 Å². The quantitative estimate of drug-likeness (QED) is 0.238. The van der Waals surface area contributed by atoms with E-state index in [4.69, 9.17) is 14.5 Å². The number of guanidine groups is 1. The van der Waals surface area contributed by atoms with E-state index in [0.717, 1.165) is 34.9 Å². The zero-order valence-electron chi connectivity index (χ0n) is 17.3. The van der Waals surface area contributed by atoms with Crippen molar-refractivity contribution in [1.82, 2.24) is 10.3 Å². The van der Waals surface area contributed by atoms with Gasteiger partial charge in [-0.3, -0.25) is 4.99 Å². The molecule has 2 N–H and O–H groups in total. The van der Waals surface area contributed by atoms with Gasteiger partial charge in [-0.15, -0.1) is 35.3 Å². The van der Waals surface area contributed by atoms with E-state index in [9.17, 15) is 0 Å². The number of anilines is 1. The van der Waals surface area contributed by atoms with E-state index >= 15 is 0 Å². The van der Waals surface area contributed by atoms with Crippen molar-refractivity contribution in [2.24, 2.45) is 4.99 Å². The maximum absolute atomic E-state index is 5.63. The molecule has 0 radical (unpaired) electrons. The number of aromatic nitrogens is 1. The Kier molecular flexibility index (Phi) is 9.88. The van der Waals surface area contributed by atoms with Gasteiger partial charge in [0.05, 0.1) is 19.4 Å². The summed E-state index contributed by atoms with van der Waals surface area (Å²) in [6.07, 6.45) is 0.816. The lowest BCUT2D eigenvalue weighted by molar-refractivity contribution is 0.311. The Balaban J connectivity index is 0.00000320. The number of ether oxygens (including phenoxy) is 2. The number of aliphatic imine (C=N–C) groups is 1. The second kappa shape index (κ2) is 12.4. The lowest BCUT2D eigenvalue weighted by Gasteiger charge is -2.14. The number of nitrogens with one attached hydrogen (secondary N) is 2. The van der Waals surface area contributed by atoms with Gasteiger partial charge in [0.25, 0.3) is 0 Å². The Labute approximate surface area is 198 Å². The molecule has 160 valence electrons. The first-order valence-corrected chi connectivity index (χ1v) is 10.4. The molecule has 0 unspecified atom stereocenters. The highest BCUT2D eigenvalue weighted by atomic mass is 127. The van der Waals surface area contributed by atoms with Crippen molar-refractivity contribution >= 4 is 47.0 Å². The second-order valence-electron chi connectivity index (χ2n) is 6.18. The lowest BCUT2D eigenvalue weighted by atomic mass is 10.2. The molecule has 0 saturated carbocycles. The van der Waals surface area contributed by atoms with Gasteiger partial charge in [-0.05, 0) is 19.1 Å². The van der Waals surface area contributed by atoms with Crippen LogP contribution in [0.4, 0.5) is 5.69 Å². The van der Waals surface area contributed by atoms with Gasteiger partial charge in [0.15, 0.2) is 17.5 Å².